The molecular formula is C21H23F3N2O2. The highest BCUT2D eigenvalue weighted by molar-refractivity contribution is 5.92. The van der Waals surface area contributed by atoms with Gasteiger partial charge in [-0.2, -0.15) is 0 Å². The number of hydrogen-bond acceptors (Lipinski definition) is 3. The van der Waals surface area contributed by atoms with Gasteiger partial charge in [0.25, 0.3) is 0 Å². The van der Waals surface area contributed by atoms with Crippen molar-refractivity contribution in [1.82, 2.24) is 4.90 Å². The van der Waals surface area contributed by atoms with Crippen molar-refractivity contribution in [3.05, 3.63) is 59.2 Å². The van der Waals surface area contributed by atoms with Gasteiger partial charge in [-0.25, -0.2) is 0 Å². The minimum atomic E-state index is -4.76. The van der Waals surface area contributed by atoms with E-state index >= 15 is 0 Å². The summed E-state index contributed by atoms with van der Waals surface area (Å²) in [5.74, 6) is -0.505. The maximum absolute atomic E-state index is 12.5. The Morgan fingerprint density at radius 2 is 1.89 bits per heavy atom. The largest absolute Gasteiger partial charge is 0.573 e. The maximum Gasteiger partial charge on any atom is 0.573 e. The van der Waals surface area contributed by atoms with E-state index in [0.717, 1.165) is 24.3 Å². The van der Waals surface area contributed by atoms with Gasteiger partial charge in [0.1, 0.15) is 5.75 Å². The number of aryl methyl sites for hydroxylation is 1. The van der Waals surface area contributed by atoms with Gasteiger partial charge in [0.05, 0.1) is 0 Å². The highest BCUT2D eigenvalue weighted by atomic mass is 19.4. The number of rotatable bonds is 6. The van der Waals surface area contributed by atoms with Crippen LogP contribution in [0.25, 0.3) is 0 Å². The third kappa shape index (κ3) is 5.04. The zero-order chi connectivity index (χ0) is 20.3. The number of anilines is 1. The molecule has 1 N–H and O–H groups in total. The van der Waals surface area contributed by atoms with Gasteiger partial charge in [-0.1, -0.05) is 30.3 Å². The van der Waals surface area contributed by atoms with Crippen molar-refractivity contribution >= 4 is 11.6 Å². The Balaban J connectivity index is 1.64. The average Bonchev–Trinajstić information content (AvgIpc) is 3.05. The number of para-hydroxylation sites is 1. The molecule has 0 bridgehead atoms. The first-order chi connectivity index (χ1) is 13.2. The fourth-order valence-electron chi connectivity index (χ4n) is 3.33. The highest BCUT2D eigenvalue weighted by Gasteiger charge is 2.32. The molecular weight excluding hydrogens is 369 g/mol. The van der Waals surface area contributed by atoms with Crippen LogP contribution in [0, 0.1) is 0 Å². The van der Waals surface area contributed by atoms with E-state index in [0.29, 0.717) is 11.6 Å². The lowest BCUT2D eigenvalue weighted by Gasteiger charge is -2.19. The molecule has 28 heavy (non-hydrogen) atoms. The van der Waals surface area contributed by atoms with Gasteiger partial charge in [0, 0.05) is 31.2 Å². The Morgan fingerprint density at radius 1 is 1.14 bits per heavy atom. The molecule has 2 aromatic rings. The van der Waals surface area contributed by atoms with Crippen LogP contribution in [0.1, 0.15) is 37.0 Å². The number of nitrogens with one attached hydrogen (secondary N) is 1. The monoisotopic (exact) mass is 392 g/mol. The molecule has 0 unspecified atom stereocenters. The SMILES string of the molecule is CC(C)N1Cc2cccc(NC(=O)CCc3ccccc3OC(F)(F)F)c2C1. The number of carbonyl (C=O) groups excluding carboxylic acids is 1. The average molecular weight is 392 g/mol. The van der Waals surface area contributed by atoms with Crippen molar-refractivity contribution in [3.8, 4) is 5.75 Å². The Hall–Kier alpha value is -2.54. The van der Waals surface area contributed by atoms with Gasteiger partial charge in [-0.3, -0.25) is 9.69 Å². The van der Waals surface area contributed by atoms with Gasteiger partial charge in [-0.05, 0) is 49.1 Å². The number of carbonyl (C=O) groups is 1. The van der Waals surface area contributed by atoms with Crippen molar-refractivity contribution in [2.45, 2.75) is 52.2 Å². The van der Waals surface area contributed by atoms with Gasteiger partial charge >= 0.3 is 6.36 Å². The van der Waals surface area contributed by atoms with Gasteiger partial charge in [0.2, 0.25) is 5.91 Å². The number of ether oxygens (including phenoxy) is 1. The fourth-order valence-corrected chi connectivity index (χ4v) is 3.33. The predicted octanol–water partition coefficient (Wildman–Crippen LogP) is 4.88. The predicted molar refractivity (Wildman–Crippen MR) is 101 cm³/mol. The smallest absolute Gasteiger partial charge is 0.406 e. The minimum Gasteiger partial charge on any atom is -0.406 e. The highest BCUT2D eigenvalue weighted by Crippen LogP contribution is 2.31. The van der Waals surface area contributed by atoms with Crippen LogP contribution >= 0.6 is 0 Å². The number of nitrogens with zero attached hydrogens (tertiary/aromatic N) is 1. The summed E-state index contributed by atoms with van der Waals surface area (Å²) < 4.78 is 41.6. The van der Waals surface area contributed by atoms with Crippen molar-refractivity contribution in [3.63, 3.8) is 0 Å². The summed E-state index contributed by atoms with van der Waals surface area (Å²) >= 11 is 0. The second-order valence-corrected chi connectivity index (χ2v) is 7.15. The number of hydrogen-bond donors (Lipinski definition) is 1. The van der Waals surface area contributed by atoms with Crippen LogP contribution in [0.3, 0.4) is 0 Å². The number of amides is 1. The second-order valence-electron chi connectivity index (χ2n) is 7.15. The molecule has 0 radical (unpaired) electrons. The lowest BCUT2D eigenvalue weighted by atomic mass is 10.1. The number of fused-ring (bicyclic) bond motifs is 1. The van der Waals surface area contributed by atoms with E-state index < -0.39 is 6.36 Å². The van der Waals surface area contributed by atoms with Crippen LogP contribution in [0.15, 0.2) is 42.5 Å². The molecule has 1 heterocycles. The van der Waals surface area contributed by atoms with Crippen molar-refractivity contribution in [2.75, 3.05) is 5.32 Å². The van der Waals surface area contributed by atoms with Gasteiger partial charge < -0.3 is 10.1 Å². The summed E-state index contributed by atoms with van der Waals surface area (Å²) in [5.41, 5.74) is 3.41. The summed E-state index contributed by atoms with van der Waals surface area (Å²) in [7, 11) is 0. The fraction of sp³-hybridized carbons (Fsp3) is 0.381. The Kier molecular flexibility index (Phi) is 5.93. The molecule has 3 rings (SSSR count). The lowest BCUT2D eigenvalue weighted by molar-refractivity contribution is -0.274. The lowest BCUT2D eigenvalue weighted by Crippen LogP contribution is -2.24. The van der Waals surface area contributed by atoms with E-state index in [1.54, 1.807) is 6.07 Å². The van der Waals surface area contributed by atoms with Gasteiger partial charge in [0.15, 0.2) is 0 Å². The number of benzene rings is 2. The van der Waals surface area contributed by atoms with Crippen molar-refractivity contribution in [2.24, 2.45) is 0 Å². The first-order valence-corrected chi connectivity index (χ1v) is 9.21. The van der Waals surface area contributed by atoms with Crippen LogP contribution in [0.5, 0.6) is 5.75 Å². The van der Waals surface area contributed by atoms with Crippen molar-refractivity contribution in [1.29, 1.82) is 0 Å². The Bertz CT molecular complexity index is 850. The summed E-state index contributed by atoms with van der Waals surface area (Å²) in [6.07, 6.45) is -4.54. The third-order valence-electron chi connectivity index (χ3n) is 4.83. The zero-order valence-electron chi connectivity index (χ0n) is 15.8. The van der Waals surface area contributed by atoms with E-state index in [9.17, 15) is 18.0 Å². The molecule has 0 saturated heterocycles. The summed E-state index contributed by atoms with van der Waals surface area (Å²) in [6, 6.07) is 12.1. The molecule has 0 aromatic heterocycles. The topological polar surface area (TPSA) is 41.6 Å². The Morgan fingerprint density at radius 3 is 2.61 bits per heavy atom. The standard InChI is InChI=1S/C21H23F3N2O2/c1-14(2)26-12-16-7-5-8-18(17(16)13-26)25-20(27)11-10-15-6-3-4-9-19(15)28-21(22,23)24/h3-9,14H,10-13H2,1-2H3,(H,25,27). The van der Waals surface area contributed by atoms with E-state index in [-0.39, 0.29) is 24.5 Å². The van der Waals surface area contributed by atoms with Crippen molar-refractivity contribution < 1.29 is 22.7 Å². The first kappa shape index (κ1) is 20.2. The summed E-state index contributed by atoms with van der Waals surface area (Å²) in [4.78, 5) is 14.7. The van der Waals surface area contributed by atoms with Crippen LogP contribution < -0.4 is 10.1 Å². The molecule has 0 saturated carbocycles. The minimum absolute atomic E-state index is 0.0653. The molecule has 1 amide bonds. The molecule has 0 spiro atoms. The molecule has 0 atom stereocenters. The summed E-state index contributed by atoms with van der Waals surface area (Å²) in [5, 5.41) is 2.91. The third-order valence-corrected chi connectivity index (χ3v) is 4.83. The quantitative estimate of drug-likeness (QED) is 0.762. The molecule has 4 nitrogen and oxygen atoms in total. The molecule has 1 aliphatic heterocycles. The van der Waals surface area contributed by atoms with Crippen LogP contribution in [0.2, 0.25) is 0 Å². The molecule has 2 aromatic carbocycles. The molecule has 0 aliphatic carbocycles. The van der Waals surface area contributed by atoms with E-state index in [4.69, 9.17) is 0 Å². The Labute approximate surface area is 162 Å². The molecule has 0 fully saturated rings. The van der Waals surface area contributed by atoms with E-state index in [1.165, 1.54) is 23.8 Å². The zero-order valence-corrected chi connectivity index (χ0v) is 15.8. The van der Waals surface area contributed by atoms with E-state index in [2.05, 4.69) is 34.9 Å². The maximum atomic E-state index is 12.5. The number of alkyl halides is 3. The second kappa shape index (κ2) is 8.22. The molecule has 150 valence electrons. The van der Waals surface area contributed by atoms with Crippen LogP contribution in [-0.4, -0.2) is 23.2 Å². The summed E-state index contributed by atoms with van der Waals surface area (Å²) in [6.45, 7) is 5.87. The van der Waals surface area contributed by atoms with Crippen LogP contribution in [-0.2, 0) is 24.3 Å². The van der Waals surface area contributed by atoms with E-state index in [1.807, 2.05) is 12.1 Å². The normalized spacial score (nSPS) is 14.2. The van der Waals surface area contributed by atoms with Gasteiger partial charge in [-0.15, -0.1) is 13.2 Å². The molecule has 7 heteroatoms. The first-order valence-electron chi connectivity index (χ1n) is 9.21. The number of halogens is 3. The molecule has 1 aliphatic rings. The van der Waals surface area contributed by atoms with Crippen LogP contribution in [0.4, 0.5) is 18.9 Å².